The molecule has 0 aromatic carbocycles. The lowest BCUT2D eigenvalue weighted by molar-refractivity contribution is 0.101. The maximum atomic E-state index is 6.28. The molecule has 2 unspecified atom stereocenters. The minimum absolute atomic E-state index is 0.164. The van der Waals surface area contributed by atoms with E-state index in [0.717, 1.165) is 41.3 Å². The molecular formula is C13H21ClN2OS. The molecule has 0 aliphatic carbocycles. The zero-order valence-electron chi connectivity index (χ0n) is 10.7. The van der Waals surface area contributed by atoms with Crippen molar-refractivity contribution in [2.75, 3.05) is 6.61 Å². The Hall–Kier alpha value is -0.130. The molecule has 5 heteroatoms. The van der Waals surface area contributed by atoms with Crippen LogP contribution < -0.4 is 11.3 Å². The molecule has 2 atom stereocenters. The Morgan fingerprint density at radius 1 is 1.67 bits per heavy atom. The summed E-state index contributed by atoms with van der Waals surface area (Å²) in [5, 5.41) is 2.95. The quantitative estimate of drug-likeness (QED) is 0.621. The van der Waals surface area contributed by atoms with Crippen molar-refractivity contribution in [3.05, 3.63) is 20.8 Å². The molecule has 0 amide bonds. The second kappa shape index (κ2) is 6.87. The number of thiophene rings is 1. The van der Waals surface area contributed by atoms with Crippen LogP contribution >= 0.6 is 22.9 Å². The predicted molar refractivity (Wildman–Crippen MR) is 77.0 cm³/mol. The van der Waals surface area contributed by atoms with Crippen LogP contribution in [0.15, 0.2) is 5.38 Å². The van der Waals surface area contributed by atoms with E-state index in [1.54, 1.807) is 11.3 Å². The first-order valence-corrected chi connectivity index (χ1v) is 7.79. The summed E-state index contributed by atoms with van der Waals surface area (Å²) < 4.78 is 5.63. The van der Waals surface area contributed by atoms with E-state index in [0.29, 0.717) is 6.10 Å². The number of halogens is 1. The van der Waals surface area contributed by atoms with Crippen LogP contribution in [0, 0.1) is 6.92 Å². The van der Waals surface area contributed by atoms with E-state index in [1.807, 2.05) is 6.92 Å². The number of hydrazine groups is 1. The molecule has 1 saturated heterocycles. The molecule has 2 heterocycles. The van der Waals surface area contributed by atoms with Gasteiger partial charge in [0.05, 0.1) is 17.2 Å². The number of hydrogen-bond donors (Lipinski definition) is 2. The van der Waals surface area contributed by atoms with Gasteiger partial charge in [-0.3, -0.25) is 11.3 Å². The number of nitrogens with one attached hydrogen (secondary N) is 1. The van der Waals surface area contributed by atoms with Gasteiger partial charge >= 0.3 is 0 Å². The van der Waals surface area contributed by atoms with Gasteiger partial charge in [0, 0.05) is 11.5 Å². The van der Waals surface area contributed by atoms with Crippen LogP contribution in [0.3, 0.4) is 0 Å². The second-order valence-electron chi connectivity index (χ2n) is 4.88. The molecule has 3 N–H and O–H groups in total. The van der Waals surface area contributed by atoms with Gasteiger partial charge in [0.15, 0.2) is 0 Å². The highest BCUT2D eigenvalue weighted by Gasteiger charge is 2.19. The summed E-state index contributed by atoms with van der Waals surface area (Å²) in [6, 6.07) is 0.164. The normalized spacial score (nSPS) is 21.4. The summed E-state index contributed by atoms with van der Waals surface area (Å²) >= 11 is 7.96. The number of aryl methyl sites for hydroxylation is 1. The van der Waals surface area contributed by atoms with Gasteiger partial charge < -0.3 is 4.74 Å². The fraction of sp³-hybridized carbons (Fsp3) is 0.692. The summed E-state index contributed by atoms with van der Waals surface area (Å²) in [7, 11) is 0. The molecule has 1 aliphatic rings. The maximum Gasteiger partial charge on any atom is 0.0590 e. The first-order chi connectivity index (χ1) is 8.72. The van der Waals surface area contributed by atoms with Crippen LogP contribution in [0.5, 0.6) is 0 Å². The highest BCUT2D eigenvalue weighted by atomic mass is 35.5. The monoisotopic (exact) mass is 288 g/mol. The maximum absolute atomic E-state index is 6.28. The lowest BCUT2D eigenvalue weighted by atomic mass is 10.0. The summed E-state index contributed by atoms with van der Waals surface area (Å²) in [4.78, 5) is 1.16. The zero-order chi connectivity index (χ0) is 13.0. The van der Waals surface area contributed by atoms with E-state index in [2.05, 4.69) is 10.8 Å². The lowest BCUT2D eigenvalue weighted by Crippen LogP contribution is -2.27. The van der Waals surface area contributed by atoms with Crippen molar-refractivity contribution in [1.82, 2.24) is 5.43 Å². The third-order valence-electron chi connectivity index (χ3n) is 3.49. The van der Waals surface area contributed by atoms with Crippen LogP contribution in [0.1, 0.15) is 48.6 Å². The number of nitrogens with two attached hydrogens (primary N) is 1. The molecule has 1 fully saturated rings. The van der Waals surface area contributed by atoms with Crippen molar-refractivity contribution in [1.29, 1.82) is 0 Å². The largest absolute Gasteiger partial charge is 0.378 e. The van der Waals surface area contributed by atoms with E-state index < -0.39 is 0 Å². The van der Waals surface area contributed by atoms with Crippen LogP contribution in [-0.2, 0) is 4.74 Å². The average molecular weight is 289 g/mol. The molecule has 0 bridgehead atoms. The van der Waals surface area contributed by atoms with Crippen molar-refractivity contribution >= 4 is 22.9 Å². The van der Waals surface area contributed by atoms with E-state index in [-0.39, 0.29) is 6.04 Å². The number of hydrogen-bond acceptors (Lipinski definition) is 4. The first-order valence-electron chi connectivity index (χ1n) is 6.53. The second-order valence-corrected chi connectivity index (χ2v) is 6.17. The van der Waals surface area contributed by atoms with Gasteiger partial charge in [0.1, 0.15) is 0 Å². The Labute approximate surface area is 118 Å². The Morgan fingerprint density at radius 2 is 2.50 bits per heavy atom. The van der Waals surface area contributed by atoms with Crippen molar-refractivity contribution in [2.45, 2.75) is 51.2 Å². The molecular weight excluding hydrogens is 268 g/mol. The third kappa shape index (κ3) is 3.45. The fourth-order valence-electron chi connectivity index (χ4n) is 2.40. The molecule has 3 nitrogen and oxygen atoms in total. The fourth-order valence-corrected chi connectivity index (χ4v) is 3.82. The van der Waals surface area contributed by atoms with E-state index in [9.17, 15) is 0 Å². The van der Waals surface area contributed by atoms with Gasteiger partial charge in [-0.25, -0.2) is 0 Å². The molecule has 1 aromatic heterocycles. The zero-order valence-corrected chi connectivity index (χ0v) is 12.3. The molecule has 2 rings (SSSR count). The number of rotatable bonds is 6. The predicted octanol–water partition coefficient (Wildman–Crippen LogP) is 3.56. The van der Waals surface area contributed by atoms with E-state index in [4.69, 9.17) is 22.2 Å². The van der Waals surface area contributed by atoms with E-state index in [1.165, 1.54) is 12.8 Å². The molecule has 0 radical (unpaired) electrons. The van der Waals surface area contributed by atoms with Crippen molar-refractivity contribution in [2.24, 2.45) is 5.84 Å². The van der Waals surface area contributed by atoms with Gasteiger partial charge in [-0.05, 0) is 50.0 Å². The van der Waals surface area contributed by atoms with Gasteiger partial charge in [0.25, 0.3) is 0 Å². The van der Waals surface area contributed by atoms with Crippen molar-refractivity contribution in [3.8, 4) is 0 Å². The van der Waals surface area contributed by atoms with Gasteiger partial charge in [-0.1, -0.05) is 11.6 Å². The minimum atomic E-state index is 0.164. The molecule has 102 valence electrons. The van der Waals surface area contributed by atoms with Gasteiger partial charge in [-0.2, -0.15) is 0 Å². The Kier molecular flexibility index (Phi) is 5.45. The third-order valence-corrected chi connectivity index (χ3v) is 5.31. The van der Waals surface area contributed by atoms with Crippen molar-refractivity contribution in [3.63, 3.8) is 0 Å². The van der Waals surface area contributed by atoms with Crippen LogP contribution in [0.4, 0.5) is 0 Å². The highest BCUT2D eigenvalue weighted by molar-refractivity contribution is 7.10. The first kappa shape index (κ1) is 14.3. The average Bonchev–Trinajstić information content (AvgIpc) is 2.98. The number of ether oxygens (including phenoxy) is 1. The lowest BCUT2D eigenvalue weighted by Gasteiger charge is -2.16. The molecule has 1 aliphatic heterocycles. The van der Waals surface area contributed by atoms with Gasteiger partial charge in [0.2, 0.25) is 0 Å². The Bertz CT molecular complexity index is 377. The summed E-state index contributed by atoms with van der Waals surface area (Å²) in [6.07, 6.45) is 6.13. The van der Waals surface area contributed by atoms with E-state index >= 15 is 0 Å². The summed E-state index contributed by atoms with van der Waals surface area (Å²) in [6.45, 7) is 2.96. The molecule has 0 saturated carbocycles. The Morgan fingerprint density at radius 3 is 3.06 bits per heavy atom. The summed E-state index contributed by atoms with van der Waals surface area (Å²) in [5.41, 5.74) is 4.02. The molecule has 1 aromatic rings. The SMILES string of the molecule is Cc1csc(C(CCCC2CCCO2)NN)c1Cl. The summed E-state index contributed by atoms with van der Waals surface area (Å²) in [5.74, 6) is 5.64. The standard InChI is InChI=1S/C13H21ClN2OS/c1-9-8-18-13(12(9)14)11(16-15)6-2-4-10-5-3-7-17-10/h8,10-11,16H,2-7,15H2,1H3. The van der Waals surface area contributed by atoms with Crippen LogP contribution in [0.2, 0.25) is 5.02 Å². The van der Waals surface area contributed by atoms with Crippen LogP contribution in [0.25, 0.3) is 0 Å². The Balaban J connectivity index is 1.83. The minimum Gasteiger partial charge on any atom is -0.378 e. The smallest absolute Gasteiger partial charge is 0.0590 e. The van der Waals surface area contributed by atoms with Gasteiger partial charge in [-0.15, -0.1) is 11.3 Å². The molecule has 18 heavy (non-hydrogen) atoms. The van der Waals surface area contributed by atoms with Crippen LogP contribution in [-0.4, -0.2) is 12.7 Å². The van der Waals surface area contributed by atoms with Crippen molar-refractivity contribution < 1.29 is 4.74 Å². The molecule has 0 spiro atoms. The topological polar surface area (TPSA) is 47.3 Å². The highest BCUT2D eigenvalue weighted by Crippen LogP contribution is 2.34.